The first kappa shape index (κ1) is 107. The van der Waals surface area contributed by atoms with Gasteiger partial charge >= 0.3 is 41.8 Å². The third-order valence-electron chi connectivity index (χ3n) is 14.5. The number of ether oxygens (including phenoxy) is 7. The van der Waals surface area contributed by atoms with Crippen LogP contribution in [0.3, 0.4) is 0 Å². The third-order valence-corrected chi connectivity index (χ3v) is 19.2. The molecule has 42 heteroatoms. The van der Waals surface area contributed by atoms with Crippen LogP contribution in [0, 0.1) is 41.9 Å². The second-order valence-electron chi connectivity index (χ2n) is 23.7. The standard InChI is InChI=1S/C15H28O5S.C14H26O5S.C13H24O5S.C7H10O5S.C5H10O5S.C5H8O5S.C5H6O5S/c16-15(20-12-13-21(17,18)19)14-10-8-6-4-2-1-3-5-7-9-11-14;15-14(19-11-12-20(16,17)18)13-9-7-5-3-1-2-4-6-8-10-13;14-13(18-10-11-19(15,16)17)12-8-6-4-2-1-3-5-7-9-12;1-2-3-4-7(8)12-5-6-13(9,10)11;3*1-2-5(6)10-3-4-11(7,8)9/h14H,1-13H2,(H,17,18,19);13H,1-12H2,(H,16,17,18);12H,1-11H2,(H,15,16,17);2,5-6H2,1H3,(H,9,10,11);2-4H2,1H3,(H,7,8,9);2H,1,3-4H2,(H,7,8,9);1H,3-4H2,(H,7,8,9)/p-7. The van der Waals surface area contributed by atoms with Crippen LogP contribution in [0.15, 0.2) is 12.7 Å². The van der Waals surface area contributed by atoms with Gasteiger partial charge in [0.15, 0.2) is 0 Å². The van der Waals surface area contributed by atoms with Gasteiger partial charge in [0.1, 0.15) is 46.2 Å². The number of carbonyl (C=O) groups excluding carboxylic acids is 7. The predicted molar refractivity (Wildman–Crippen MR) is 375 cm³/mol. The van der Waals surface area contributed by atoms with E-state index in [-0.39, 0.29) is 68.5 Å². The van der Waals surface area contributed by atoms with Gasteiger partial charge in [-0.25, -0.2) is 73.3 Å². The van der Waals surface area contributed by atoms with E-state index in [1.165, 1.54) is 77.0 Å². The molecule has 0 radical (unpaired) electrons. The van der Waals surface area contributed by atoms with Crippen LogP contribution in [0.1, 0.15) is 219 Å². The van der Waals surface area contributed by atoms with Gasteiger partial charge in [-0.15, -0.1) is 6.42 Å². The van der Waals surface area contributed by atoms with E-state index >= 15 is 0 Å². The first-order valence-electron chi connectivity index (χ1n) is 34.6. The summed E-state index contributed by atoms with van der Waals surface area (Å²) >= 11 is 0. The van der Waals surface area contributed by atoms with E-state index in [1.807, 2.05) is 0 Å². The summed E-state index contributed by atoms with van der Waals surface area (Å²) < 4.78 is 245. The molecule has 0 saturated heterocycles. The van der Waals surface area contributed by atoms with Crippen LogP contribution in [-0.2, 0) is 138 Å². The fourth-order valence-corrected chi connectivity index (χ4v) is 11.1. The molecule has 0 atom stereocenters. The van der Waals surface area contributed by atoms with Crippen molar-refractivity contribution >= 4 is 113 Å². The lowest BCUT2D eigenvalue weighted by molar-refractivity contribution is -0.149. The zero-order chi connectivity index (χ0) is 81.6. The highest BCUT2D eigenvalue weighted by atomic mass is 32.2. The van der Waals surface area contributed by atoms with Crippen LogP contribution in [0.5, 0.6) is 0 Å². The Labute approximate surface area is 626 Å². The Morgan fingerprint density at radius 2 is 0.547 bits per heavy atom. The summed E-state index contributed by atoms with van der Waals surface area (Å²) in [5.41, 5.74) is 0. The fourth-order valence-electron chi connectivity index (χ4n) is 9.13. The van der Waals surface area contributed by atoms with Crippen LogP contribution in [0.4, 0.5) is 0 Å². The van der Waals surface area contributed by atoms with E-state index in [9.17, 15) is 124 Å². The molecule has 0 unspecified atom stereocenters. The first-order valence-corrected chi connectivity index (χ1v) is 45.6. The molecule has 3 aliphatic rings. The van der Waals surface area contributed by atoms with Gasteiger partial charge < -0.3 is 65.0 Å². The Balaban J connectivity index is -0.000000583. The smallest absolute Gasteiger partial charge is 0.384 e. The molecule has 3 fully saturated rings. The molecule has 0 amide bonds. The second kappa shape index (κ2) is 63.3. The van der Waals surface area contributed by atoms with Crippen molar-refractivity contribution in [3.05, 3.63) is 12.7 Å². The minimum atomic E-state index is -4.32. The number of carbonyl (C=O) groups is 7. The van der Waals surface area contributed by atoms with Gasteiger partial charge in [0, 0.05) is 30.8 Å². The largest absolute Gasteiger partial charge is 0.748 e. The molecule has 3 aliphatic carbocycles. The van der Waals surface area contributed by atoms with Crippen molar-refractivity contribution < 1.29 is 158 Å². The lowest BCUT2D eigenvalue weighted by atomic mass is 9.92. The molecule has 0 aromatic rings. The monoisotopic (exact) mass is 1660 g/mol. The summed E-state index contributed by atoms with van der Waals surface area (Å²) in [5, 5.41) is 0. The fraction of sp³-hybridized carbons (Fsp3) is 0.797. The van der Waals surface area contributed by atoms with Gasteiger partial charge in [-0.1, -0.05) is 180 Å². The number of hydrogen-bond donors (Lipinski definition) is 0. The van der Waals surface area contributed by atoms with Crippen LogP contribution >= 0.6 is 0 Å². The van der Waals surface area contributed by atoms with Crippen molar-refractivity contribution in [1.29, 1.82) is 0 Å². The van der Waals surface area contributed by atoms with Crippen LogP contribution in [0.25, 0.3) is 0 Å². The van der Waals surface area contributed by atoms with E-state index in [0.717, 1.165) is 122 Å². The lowest BCUT2D eigenvalue weighted by Crippen LogP contribution is -2.21. The quantitative estimate of drug-likeness (QED) is 0.0281. The predicted octanol–water partition coefficient (Wildman–Crippen LogP) is 4.76. The summed E-state index contributed by atoms with van der Waals surface area (Å²) in [4.78, 5) is 77.1. The maximum atomic E-state index is 12.0. The average molecular weight is 1660 g/mol. The molecule has 3 rings (SSSR count). The molecule has 0 aliphatic heterocycles. The summed E-state index contributed by atoms with van der Waals surface area (Å²) in [6.07, 6.45) is 38.9. The summed E-state index contributed by atoms with van der Waals surface area (Å²) in [6, 6.07) is 0. The topological polar surface area (TPSA) is 585 Å². The van der Waals surface area contributed by atoms with Crippen molar-refractivity contribution in [3.63, 3.8) is 0 Å². The SMILES string of the molecule is C#CC(=O)OCCS(=O)(=O)[O-].C=CC(=O)OCCS(=O)(=O)[O-].CCC#CC(=O)OCCS(=O)(=O)[O-].CCC(=O)OCCS(=O)(=O)[O-].O=C(OCCS(=O)(=O)[O-])C1CCCCCCCCC1.O=C(OCCS(=O)(=O)[O-])C1CCCCCCCCCC1.O=C(OCCS(=O)(=O)[O-])C1CCCCCCCCCCC1. The zero-order valence-corrected chi connectivity index (χ0v) is 66.0. The van der Waals surface area contributed by atoms with Gasteiger partial charge in [-0.3, -0.25) is 19.2 Å². The minimum absolute atomic E-state index is 0.132. The number of rotatable bonds is 26. The van der Waals surface area contributed by atoms with Crippen LogP contribution in [0.2, 0.25) is 0 Å². The molecule has 0 heterocycles. The molecule has 0 bridgehead atoms. The molecule has 620 valence electrons. The van der Waals surface area contributed by atoms with E-state index in [2.05, 4.69) is 43.8 Å². The van der Waals surface area contributed by atoms with Crippen molar-refractivity contribution in [2.24, 2.45) is 17.8 Å². The zero-order valence-electron chi connectivity index (χ0n) is 60.3. The highest BCUT2D eigenvalue weighted by Gasteiger charge is 2.23. The van der Waals surface area contributed by atoms with Crippen LogP contribution < -0.4 is 0 Å². The molecule has 0 aromatic heterocycles. The summed E-state index contributed by atoms with van der Waals surface area (Å²) in [7, 11) is -30.1. The van der Waals surface area contributed by atoms with Gasteiger partial charge in [0.2, 0.25) is 0 Å². The molecule has 3 saturated carbocycles. The molecule has 0 aromatic carbocycles. The Hall–Kier alpha value is -5.48. The Bertz CT molecular complexity index is 3410. The lowest BCUT2D eigenvalue weighted by Gasteiger charge is -2.17. The Morgan fingerprint density at radius 1 is 0.340 bits per heavy atom. The summed E-state index contributed by atoms with van der Waals surface area (Å²) in [5.74, 6) is -3.04. The molecular weight excluding hydrogens is 1550 g/mol. The number of esters is 7. The van der Waals surface area contributed by atoms with Crippen molar-refractivity contribution in [3.8, 4) is 24.2 Å². The molecule has 0 spiro atoms. The van der Waals surface area contributed by atoms with Gasteiger partial charge in [-0.05, 0) is 38.5 Å². The third kappa shape index (κ3) is 85.8. The maximum absolute atomic E-state index is 12.0. The van der Waals surface area contributed by atoms with E-state index < -0.39 is 155 Å². The minimum Gasteiger partial charge on any atom is -0.748 e. The van der Waals surface area contributed by atoms with E-state index in [4.69, 9.17) is 14.2 Å². The van der Waals surface area contributed by atoms with Crippen molar-refractivity contribution in [2.45, 2.75) is 219 Å². The molecule has 35 nitrogen and oxygen atoms in total. The van der Waals surface area contributed by atoms with Gasteiger partial charge in [-0.2, -0.15) is 0 Å². The highest BCUT2D eigenvalue weighted by Crippen LogP contribution is 2.25. The number of hydrogen-bond acceptors (Lipinski definition) is 35. The molecule has 106 heavy (non-hydrogen) atoms. The van der Waals surface area contributed by atoms with Gasteiger partial charge in [0.05, 0.1) is 129 Å². The highest BCUT2D eigenvalue weighted by molar-refractivity contribution is 7.87. The van der Waals surface area contributed by atoms with Gasteiger partial charge in [0.25, 0.3) is 0 Å². The van der Waals surface area contributed by atoms with E-state index in [0.29, 0.717) is 6.42 Å². The number of terminal acetylenes is 1. The van der Waals surface area contributed by atoms with E-state index in [1.54, 1.807) is 19.8 Å². The Morgan fingerprint density at radius 3 is 0.755 bits per heavy atom. The van der Waals surface area contributed by atoms with Crippen LogP contribution in [-0.4, -0.2) is 219 Å². The average Bonchev–Trinajstić information content (AvgIpc) is 1.03. The normalized spacial score (nSPS) is 15.9. The first-order chi connectivity index (χ1) is 49.3. The summed E-state index contributed by atoms with van der Waals surface area (Å²) in [6.45, 7) is 3.75. The van der Waals surface area contributed by atoms with Crippen molar-refractivity contribution in [1.82, 2.24) is 0 Å². The van der Waals surface area contributed by atoms with Crippen molar-refractivity contribution in [2.75, 3.05) is 86.5 Å². The molecular formula is C64H105O35S7-7. The maximum Gasteiger partial charge on any atom is 0.384 e. The molecule has 0 N–H and O–H groups in total. The second-order valence-corrected chi connectivity index (χ2v) is 34.3. The Kier molecular flexibility index (Phi) is 63.8.